The predicted molar refractivity (Wildman–Crippen MR) is 101 cm³/mol. The fourth-order valence-corrected chi connectivity index (χ4v) is 4.51. The van der Waals surface area contributed by atoms with Crippen molar-refractivity contribution in [2.45, 2.75) is 31.8 Å². The summed E-state index contributed by atoms with van der Waals surface area (Å²) >= 11 is 1.63. The van der Waals surface area contributed by atoms with Crippen molar-refractivity contribution in [2.24, 2.45) is 5.92 Å². The first kappa shape index (κ1) is 17.4. The van der Waals surface area contributed by atoms with E-state index in [-0.39, 0.29) is 11.5 Å². The Morgan fingerprint density at radius 3 is 2.96 bits per heavy atom. The zero-order chi connectivity index (χ0) is 18.0. The molecule has 1 N–H and O–H groups in total. The highest BCUT2D eigenvalue weighted by molar-refractivity contribution is 7.08. The summed E-state index contributed by atoms with van der Waals surface area (Å²) in [6.07, 6.45) is 6.19. The number of hydrogen-bond donors (Lipinski definition) is 1. The Balaban J connectivity index is 1.26. The molecule has 0 bridgehead atoms. The van der Waals surface area contributed by atoms with Crippen LogP contribution in [0.25, 0.3) is 0 Å². The maximum Gasteiger partial charge on any atom is 0.227 e. The van der Waals surface area contributed by atoms with Crippen LogP contribution in [0.1, 0.15) is 24.0 Å². The topological polar surface area (TPSA) is 67.4 Å². The molecule has 1 amide bonds. The monoisotopic (exact) mass is 372 g/mol. The summed E-state index contributed by atoms with van der Waals surface area (Å²) in [5.41, 5.74) is 2.02. The molecule has 2 saturated heterocycles. The minimum Gasteiger partial charge on any atom is -0.371 e. The number of ether oxygens (including phenoxy) is 1. The third kappa shape index (κ3) is 3.59. The molecular formula is C19H24N4O2S. The number of nitrogens with zero attached hydrogens (tertiary/aromatic N) is 3. The molecule has 0 saturated carbocycles. The molecule has 26 heavy (non-hydrogen) atoms. The number of aromatic nitrogens is 2. The molecule has 1 spiro atoms. The van der Waals surface area contributed by atoms with Crippen LogP contribution in [0.15, 0.2) is 29.2 Å². The van der Waals surface area contributed by atoms with Crippen molar-refractivity contribution in [3.8, 4) is 0 Å². The van der Waals surface area contributed by atoms with Gasteiger partial charge in [-0.3, -0.25) is 4.79 Å². The molecule has 2 aromatic heterocycles. The lowest BCUT2D eigenvalue weighted by Crippen LogP contribution is -2.66. The van der Waals surface area contributed by atoms with E-state index in [9.17, 15) is 4.79 Å². The van der Waals surface area contributed by atoms with Crippen molar-refractivity contribution in [1.29, 1.82) is 0 Å². The van der Waals surface area contributed by atoms with E-state index in [1.807, 2.05) is 41.0 Å². The number of hydrogen-bond acceptors (Lipinski definition) is 6. The van der Waals surface area contributed by atoms with Gasteiger partial charge < -0.3 is 15.0 Å². The highest BCUT2D eigenvalue weighted by Crippen LogP contribution is 2.41. The lowest BCUT2D eigenvalue weighted by molar-refractivity contribution is -0.164. The van der Waals surface area contributed by atoms with Gasteiger partial charge in [-0.1, -0.05) is 0 Å². The molecule has 1 atom stereocenters. The van der Waals surface area contributed by atoms with Gasteiger partial charge in [-0.25, -0.2) is 9.97 Å². The Kier molecular flexibility index (Phi) is 4.91. The molecule has 0 aliphatic carbocycles. The zero-order valence-corrected chi connectivity index (χ0v) is 15.8. The van der Waals surface area contributed by atoms with Crippen molar-refractivity contribution in [2.75, 3.05) is 31.6 Å². The predicted octanol–water partition coefficient (Wildman–Crippen LogP) is 2.51. The van der Waals surface area contributed by atoms with E-state index >= 15 is 0 Å². The lowest BCUT2D eigenvalue weighted by atomic mass is 9.78. The van der Waals surface area contributed by atoms with Crippen LogP contribution in [0.3, 0.4) is 0 Å². The second-order valence-electron chi connectivity index (χ2n) is 7.26. The Hall–Kier alpha value is -1.99. The molecule has 7 heteroatoms. The average molecular weight is 372 g/mol. The van der Waals surface area contributed by atoms with Crippen molar-refractivity contribution >= 4 is 23.2 Å². The third-order valence-electron chi connectivity index (χ3n) is 5.36. The minimum absolute atomic E-state index is 0.139. The van der Waals surface area contributed by atoms with Crippen LogP contribution in [-0.4, -0.2) is 52.6 Å². The minimum atomic E-state index is -0.139. The Morgan fingerprint density at radius 2 is 2.23 bits per heavy atom. The molecule has 2 aliphatic rings. The van der Waals surface area contributed by atoms with Crippen LogP contribution in [-0.2, 0) is 16.0 Å². The summed E-state index contributed by atoms with van der Waals surface area (Å²) in [5.74, 6) is 1.35. The van der Waals surface area contributed by atoms with Gasteiger partial charge in [0.05, 0.1) is 19.5 Å². The number of carbonyl (C=O) groups excluding carboxylic acids is 1. The summed E-state index contributed by atoms with van der Waals surface area (Å²) in [6, 6.07) is 2.02. The van der Waals surface area contributed by atoms with Crippen molar-refractivity contribution < 1.29 is 9.53 Å². The summed E-state index contributed by atoms with van der Waals surface area (Å²) < 4.78 is 6.07. The van der Waals surface area contributed by atoms with E-state index in [1.165, 1.54) is 0 Å². The van der Waals surface area contributed by atoms with Crippen LogP contribution in [0.4, 0.5) is 5.95 Å². The zero-order valence-electron chi connectivity index (χ0n) is 15.0. The first-order valence-electron chi connectivity index (χ1n) is 9.10. The summed E-state index contributed by atoms with van der Waals surface area (Å²) in [7, 11) is 0. The first-order chi connectivity index (χ1) is 12.6. The quantitative estimate of drug-likeness (QED) is 0.844. The highest BCUT2D eigenvalue weighted by Gasteiger charge is 2.53. The van der Waals surface area contributed by atoms with E-state index in [0.29, 0.717) is 18.3 Å². The van der Waals surface area contributed by atoms with Crippen LogP contribution in [0, 0.1) is 12.8 Å². The maximum atomic E-state index is 12.4. The molecular weight excluding hydrogens is 348 g/mol. The molecule has 4 rings (SSSR count). The van der Waals surface area contributed by atoms with Gasteiger partial charge in [-0.15, -0.1) is 0 Å². The average Bonchev–Trinajstić information content (AvgIpc) is 3.25. The van der Waals surface area contributed by atoms with E-state index in [4.69, 9.17) is 4.74 Å². The molecule has 0 radical (unpaired) electrons. The SMILES string of the molecule is Cc1cnc(NCC[C@@H]2CCOC23CN(C(=O)Cc2ccsc2)C3)nc1. The first-order valence-corrected chi connectivity index (χ1v) is 10.0. The number of amides is 1. The third-order valence-corrected chi connectivity index (χ3v) is 6.09. The molecule has 2 aliphatic heterocycles. The maximum absolute atomic E-state index is 12.4. The van der Waals surface area contributed by atoms with Gasteiger partial charge in [0.15, 0.2) is 0 Å². The van der Waals surface area contributed by atoms with Crippen LogP contribution in [0.5, 0.6) is 0 Å². The number of likely N-dealkylation sites (tertiary alicyclic amines) is 1. The number of carbonyl (C=O) groups is 1. The normalized spacial score (nSPS) is 21.0. The van der Waals surface area contributed by atoms with Crippen molar-refractivity contribution in [3.63, 3.8) is 0 Å². The molecule has 2 aromatic rings. The van der Waals surface area contributed by atoms with Crippen LogP contribution < -0.4 is 5.32 Å². The van der Waals surface area contributed by atoms with Crippen molar-refractivity contribution in [3.05, 3.63) is 40.3 Å². The summed E-state index contributed by atoms with van der Waals surface area (Å²) in [5, 5.41) is 7.35. The lowest BCUT2D eigenvalue weighted by Gasteiger charge is -2.50. The van der Waals surface area contributed by atoms with E-state index in [2.05, 4.69) is 15.3 Å². The number of rotatable bonds is 6. The number of aryl methyl sites for hydroxylation is 1. The molecule has 2 fully saturated rings. The largest absolute Gasteiger partial charge is 0.371 e. The Morgan fingerprint density at radius 1 is 1.42 bits per heavy atom. The molecule has 138 valence electrons. The molecule has 4 heterocycles. The highest BCUT2D eigenvalue weighted by atomic mass is 32.1. The fourth-order valence-electron chi connectivity index (χ4n) is 3.84. The summed E-state index contributed by atoms with van der Waals surface area (Å²) in [4.78, 5) is 22.9. The number of thiophene rings is 1. The second kappa shape index (κ2) is 7.32. The molecule has 0 unspecified atom stereocenters. The van der Waals surface area contributed by atoms with E-state index in [1.54, 1.807) is 11.3 Å². The molecule has 6 nitrogen and oxygen atoms in total. The van der Waals surface area contributed by atoms with E-state index < -0.39 is 0 Å². The smallest absolute Gasteiger partial charge is 0.227 e. The fraction of sp³-hybridized carbons (Fsp3) is 0.526. The van der Waals surface area contributed by atoms with Crippen LogP contribution >= 0.6 is 11.3 Å². The van der Waals surface area contributed by atoms with Gasteiger partial charge in [0.2, 0.25) is 11.9 Å². The van der Waals surface area contributed by atoms with Gasteiger partial charge in [0.25, 0.3) is 0 Å². The standard InChI is InChI=1S/C19H24N4O2S/c1-14-9-21-18(22-10-14)20-5-2-16-3-6-25-19(16)12-23(13-19)17(24)8-15-4-7-26-11-15/h4,7,9-11,16H,2-3,5-6,8,12-13H2,1H3,(H,20,21,22)/t16-/m1/s1. The number of nitrogens with one attached hydrogen (secondary N) is 1. The van der Waals surface area contributed by atoms with Crippen molar-refractivity contribution in [1.82, 2.24) is 14.9 Å². The Labute approximate surface area is 157 Å². The summed E-state index contributed by atoms with van der Waals surface area (Å²) in [6.45, 7) is 5.04. The van der Waals surface area contributed by atoms with E-state index in [0.717, 1.165) is 50.2 Å². The number of anilines is 1. The van der Waals surface area contributed by atoms with Gasteiger partial charge in [0.1, 0.15) is 5.60 Å². The van der Waals surface area contributed by atoms with Gasteiger partial charge >= 0.3 is 0 Å². The second-order valence-corrected chi connectivity index (χ2v) is 8.04. The van der Waals surface area contributed by atoms with Gasteiger partial charge in [-0.2, -0.15) is 11.3 Å². The van der Waals surface area contributed by atoms with Gasteiger partial charge in [0, 0.05) is 25.5 Å². The van der Waals surface area contributed by atoms with Crippen LogP contribution in [0.2, 0.25) is 0 Å². The molecule has 0 aromatic carbocycles. The van der Waals surface area contributed by atoms with Gasteiger partial charge in [-0.05, 0) is 53.6 Å². The Bertz CT molecular complexity index is 741.